The van der Waals surface area contributed by atoms with E-state index in [1.165, 1.54) is 7.11 Å². The van der Waals surface area contributed by atoms with Crippen molar-refractivity contribution in [3.8, 4) is 6.07 Å². The molecule has 0 amide bonds. The van der Waals surface area contributed by atoms with E-state index < -0.39 is 23.3 Å². The Labute approximate surface area is 127 Å². The van der Waals surface area contributed by atoms with Crippen LogP contribution in [0.15, 0.2) is 0 Å². The zero-order chi connectivity index (χ0) is 16.6. The summed E-state index contributed by atoms with van der Waals surface area (Å²) in [5.41, 5.74) is -1.49. The molecule has 0 fully saturated rings. The predicted octanol–water partition coefficient (Wildman–Crippen LogP) is 2.94. The van der Waals surface area contributed by atoms with Gasteiger partial charge in [-0.1, -0.05) is 27.7 Å². The summed E-state index contributed by atoms with van der Waals surface area (Å²) in [5.74, 6) is -1.73. The molecular weight excluding hydrogens is 270 g/mol. The molecule has 0 aliphatic carbocycles. The van der Waals surface area contributed by atoms with E-state index in [0.717, 1.165) is 0 Å². The predicted molar refractivity (Wildman–Crippen MR) is 79.1 cm³/mol. The molecule has 0 heterocycles. The first-order chi connectivity index (χ1) is 9.74. The van der Waals surface area contributed by atoms with E-state index in [4.69, 9.17) is 9.47 Å². The average molecular weight is 297 g/mol. The van der Waals surface area contributed by atoms with Crippen molar-refractivity contribution in [3.63, 3.8) is 0 Å². The Balaban J connectivity index is 5.81. The van der Waals surface area contributed by atoms with Gasteiger partial charge in [-0.25, -0.2) is 0 Å². The fraction of sp³-hybridized carbons (Fsp3) is 0.812. The minimum absolute atomic E-state index is 0.0767. The van der Waals surface area contributed by atoms with Gasteiger partial charge in [-0.15, -0.1) is 0 Å². The lowest BCUT2D eigenvalue weighted by molar-refractivity contribution is -0.165. The average Bonchev–Trinajstić information content (AvgIpc) is 2.41. The third-order valence-corrected chi connectivity index (χ3v) is 3.35. The van der Waals surface area contributed by atoms with Crippen LogP contribution in [0, 0.1) is 34.5 Å². The molecule has 0 aromatic rings. The first kappa shape index (κ1) is 19.4. The summed E-state index contributed by atoms with van der Waals surface area (Å²) in [6.45, 7) is 9.64. The van der Waals surface area contributed by atoms with Gasteiger partial charge >= 0.3 is 11.9 Å². The zero-order valence-electron chi connectivity index (χ0n) is 13.9. The van der Waals surface area contributed by atoms with Gasteiger partial charge in [0.25, 0.3) is 0 Å². The largest absolute Gasteiger partial charge is 0.468 e. The highest BCUT2D eigenvalue weighted by Crippen LogP contribution is 2.40. The normalized spacial score (nSPS) is 15.2. The van der Waals surface area contributed by atoms with E-state index in [-0.39, 0.29) is 24.9 Å². The van der Waals surface area contributed by atoms with Gasteiger partial charge in [0.1, 0.15) is 0 Å². The van der Waals surface area contributed by atoms with Gasteiger partial charge in [-0.3, -0.25) is 9.59 Å². The number of hydrogen-bond acceptors (Lipinski definition) is 5. The SMILES string of the molecule is CCOC(=O)C(CC(C)C)C(C#N)(CC(C)C)C(=O)OC. The van der Waals surface area contributed by atoms with E-state index in [0.29, 0.717) is 6.42 Å². The molecular formula is C16H27NO4. The van der Waals surface area contributed by atoms with Gasteiger partial charge < -0.3 is 9.47 Å². The Morgan fingerprint density at radius 2 is 1.76 bits per heavy atom. The van der Waals surface area contributed by atoms with E-state index in [2.05, 4.69) is 6.07 Å². The van der Waals surface area contributed by atoms with Gasteiger partial charge in [0.15, 0.2) is 5.41 Å². The number of esters is 2. The highest BCUT2D eigenvalue weighted by molar-refractivity contribution is 5.88. The number of hydrogen-bond donors (Lipinski definition) is 0. The van der Waals surface area contributed by atoms with Crippen LogP contribution in [0.1, 0.15) is 47.5 Å². The topological polar surface area (TPSA) is 76.4 Å². The molecule has 0 radical (unpaired) electrons. The second-order valence-corrected chi connectivity index (χ2v) is 6.11. The van der Waals surface area contributed by atoms with Crippen LogP contribution in [0.5, 0.6) is 0 Å². The first-order valence-electron chi connectivity index (χ1n) is 7.41. The van der Waals surface area contributed by atoms with Crippen molar-refractivity contribution in [2.75, 3.05) is 13.7 Å². The van der Waals surface area contributed by atoms with Gasteiger partial charge in [-0.05, 0) is 31.6 Å². The second kappa shape index (κ2) is 8.66. The number of rotatable bonds is 8. The van der Waals surface area contributed by atoms with E-state index in [1.807, 2.05) is 27.7 Å². The van der Waals surface area contributed by atoms with Crippen LogP contribution in [0.3, 0.4) is 0 Å². The Morgan fingerprint density at radius 1 is 1.19 bits per heavy atom. The van der Waals surface area contributed by atoms with Crippen molar-refractivity contribution in [3.05, 3.63) is 0 Å². The molecule has 0 aliphatic rings. The van der Waals surface area contributed by atoms with Crippen molar-refractivity contribution >= 4 is 11.9 Å². The maximum absolute atomic E-state index is 12.3. The highest BCUT2D eigenvalue weighted by Gasteiger charge is 2.52. The number of nitrogens with zero attached hydrogens (tertiary/aromatic N) is 1. The highest BCUT2D eigenvalue weighted by atomic mass is 16.5. The Morgan fingerprint density at radius 3 is 2.10 bits per heavy atom. The number of nitriles is 1. The van der Waals surface area contributed by atoms with Gasteiger partial charge in [0, 0.05) is 0 Å². The molecule has 0 aromatic heterocycles. The first-order valence-corrected chi connectivity index (χ1v) is 7.41. The molecule has 0 N–H and O–H groups in total. The van der Waals surface area contributed by atoms with Gasteiger partial charge in [0.2, 0.25) is 0 Å². The van der Waals surface area contributed by atoms with Crippen LogP contribution in [0.4, 0.5) is 0 Å². The van der Waals surface area contributed by atoms with Gasteiger partial charge in [0.05, 0.1) is 25.7 Å². The molecule has 0 aromatic carbocycles. The van der Waals surface area contributed by atoms with Crippen LogP contribution >= 0.6 is 0 Å². The number of carbonyl (C=O) groups is 2. The fourth-order valence-corrected chi connectivity index (χ4v) is 2.58. The quantitative estimate of drug-likeness (QED) is 0.644. The van der Waals surface area contributed by atoms with E-state index in [9.17, 15) is 14.9 Å². The van der Waals surface area contributed by atoms with Crippen molar-refractivity contribution in [2.45, 2.75) is 47.5 Å². The number of ether oxygens (including phenoxy) is 2. The van der Waals surface area contributed by atoms with Crippen molar-refractivity contribution in [1.82, 2.24) is 0 Å². The van der Waals surface area contributed by atoms with Crippen LogP contribution in [0.25, 0.3) is 0 Å². The van der Waals surface area contributed by atoms with Crippen molar-refractivity contribution < 1.29 is 19.1 Å². The van der Waals surface area contributed by atoms with E-state index >= 15 is 0 Å². The third-order valence-electron chi connectivity index (χ3n) is 3.35. The van der Waals surface area contributed by atoms with Gasteiger partial charge in [-0.2, -0.15) is 5.26 Å². The molecule has 0 saturated heterocycles. The summed E-state index contributed by atoms with van der Waals surface area (Å²) in [4.78, 5) is 24.6. The minimum atomic E-state index is -1.49. The zero-order valence-corrected chi connectivity index (χ0v) is 13.9. The van der Waals surface area contributed by atoms with E-state index in [1.54, 1.807) is 6.92 Å². The van der Waals surface area contributed by atoms with Crippen LogP contribution < -0.4 is 0 Å². The summed E-state index contributed by atoms with van der Waals surface area (Å²) in [6.07, 6.45) is 0.681. The summed E-state index contributed by atoms with van der Waals surface area (Å²) in [5, 5.41) is 9.67. The summed E-state index contributed by atoms with van der Waals surface area (Å²) < 4.78 is 9.92. The standard InChI is InChI=1S/C16H27NO4/c1-7-21-14(18)13(8-11(2)3)16(10-17,9-12(4)5)15(19)20-6/h11-13H,7-9H2,1-6H3. The summed E-state index contributed by atoms with van der Waals surface area (Å²) >= 11 is 0. The summed E-state index contributed by atoms with van der Waals surface area (Å²) in [6, 6.07) is 2.07. The molecule has 0 aliphatic heterocycles. The fourth-order valence-electron chi connectivity index (χ4n) is 2.58. The molecule has 5 heteroatoms. The van der Waals surface area contributed by atoms with Crippen molar-refractivity contribution in [2.24, 2.45) is 23.2 Å². The lowest BCUT2D eigenvalue weighted by atomic mass is 9.68. The summed E-state index contributed by atoms with van der Waals surface area (Å²) in [7, 11) is 1.24. The minimum Gasteiger partial charge on any atom is -0.468 e. The molecule has 2 atom stereocenters. The molecule has 0 bridgehead atoms. The molecule has 0 saturated carbocycles. The molecule has 2 unspecified atom stereocenters. The smallest absolute Gasteiger partial charge is 0.327 e. The number of carbonyl (C=O) groups excluding carboxylic acids is 2. The lowest BCUT2D eigenvalue weighted by Gasteiger charge is -2.33. The Kier molecular flexibility index (Phi) is 8.01. The molecule has 0 rings (SSSR count). The molecule has 21 heavy (non-hydrogen) atoms. The third kappa shape index (κ3) is 5.04. The molecule has 5 nitrogen and oxygen atoms in total. The Bertz CT molecular complexity index is 398. The lowest BCUT2D eigenvalue weighted by Crippen LogP contribution is -2.44. The Hall–Kier alpha value is -1.57. The molecule has 120 valence electrons. The number of methoxy groups -OCH3 is 1. The maximum atomic E-state index is 12.3. The maximum Gasteiger partial charge on any atom is 0.327 e. The molecule has 0 spiro atoms. The van der Waals surface area contributed by atoms with Crippen LogP contribution in [-0.2, 0) is 19.1 Å². The van der Waals surface area contributed by atoms with Crippen molar-refractivity contribution in [1.29, 1.82) is 5.26 Å². The second-order valence-electron chi connectivity index (χ2n) is 6.11. The van der Waals surface area contributed by atoms with Crippen LogP contribution in [-0.4, -0.2) is 25.7 Å². The monoisotopic (exact) mass is 297 g/mol. The van der Waals surface area contributed by atoms with Crippen LogP contribution in [0.2, 0.25) is 0 Å².